The lowest BCUT2D eigenvalue weighted by atomic mass is 10.0. The zero-order chi connectivity index (χ0) is 21.7. The van der Waals surface area contributed by atoms with Gasteiger partial charge in [0.25, 0.3) is 0 Å². The van der Waals surface area contributed by atoms with Crippen molar-refractivity contribution in [1.29, 1.82) is 0 Å². The molecule has 0 atom stereocenters. The Kier molecular flexibility index (Phi) is 6.47. The van der Waals surface area contributed by atoms with Crippen LogP contribution >= 0.6 is 0 Å². The summed E-state index contributed by atoms with van der Waals surface area (Å²) in [5.74, 6) is 1.72. The Hall–Kier alpha value is -3.26. The quantitative estimate of drug-likeness (QED) is 0.539. The highest BCUT2D eigenvalue weighted by atomic mass is 32.2. The Morgan fingerprint density at radius 1 is 0.767 bits per heavy atom. The highest BCUT2D eigenvalue weighted by Crippen LogP contribution is 2.34. The van der Waals surface area contributed by atoms with E-state index in [1.165, 1.54) is 26.5 Å². The molecule has 0 radical (unpaired) electrons. The smallest absolute Gasteiger partial charge is 0.186 e. The van der Waals surface area contributed by atoms with Crippen LogP contribution in [0.1, 0.15) is 5.56 Å². The number of hydrogen-bond donors (Lipinski definition) is 0. The second-order valence-electron chi connectivity index (χ2n) is 6.42. The second-order valence-corrected chi connectivity index (χ2v) is 8.38. The Morgan fingerprint density at radius 2 is 1.43 bits per heavy atom. The molecule has 2 aromatic carbocycles. The zero-order valence-electron chi connectivity index (χ0n) is 17.2. The first kappa shape index (κ1) is 21.4. The van der Waals surface area contributed by atoms with Crippen molar-refractivity contribution in [2.24, 2.45) is 0 Å². The van der Waals surface area contributed by atoms with Crippen LogP contribution in [-0.4, -0.2) is 41.8 Å². The summed E-state index contributed by atoms with van der Waals surface area (Å²) in [6.07, 6.45) is 3.19. The monoisotopic (exact) mass is 429 g/mol. The first-order valence-electron chi connectivity index (χ1n) is 9.03. The number of nitrogens with zero attached hydrogens (tertiary/aromatic N) is 1. The average Bonchev–Trinajstić information content (AvgIpc) is 2.77. The average molecular weight is 429 g/mol. The molecule has 3 rings (SSSR count). The first-order valence-corrected chi connectivity index (χ1v) is 10.7. The molecule has 8 heteroatoms. The maximum atomic E-state index is 13.1. The summed E-state index contributed by atoms with van der Waals surface area (Å²) in [5, 5.41) is 0. The third-order valence-electron chi connectivity index (χ3n) is 4.58. The van der Waals surface area contributed by atoms with Crippen LogP contribution in [-0.2, 0) is 15.6 Å². The van der Waals surface area contributed by atoms with Crippen LogP contribution in [0.4, 0.5) is 0 Å². The van der Waals surface area contributed by atoms with Gasteiger partial charge < -0.3 is 18.9 Å². The van der Waals surface area contributed by atoms with Crippen molar-refractivity contribution in [3.63, 3.8) is 0 Å². The van der Waals surface area contributed by atoms with E-state index in [4.69, 9.17) is 18.9 Å². The minimum absolute atomic E-state index is 0.0665. The molecule has 0 saturated carbocycles. The molecule has 0 unspecified atom stereocenters. The van der Waals surface area contributed by atoms with E-state index >= 15 is 0 Å². The molecule has 0 saturated heterocycles. The van der Waals surface area contributed by atoms with Crippen LogP contribution in [0.15, 0.2) is 59.8 Å². The molecule has 0 fully saturated rings. The van der Waals surface area contributed by atoms with Crippen LogP contribution in [0.3, 0.4) is 0 Å². The molecule has 30 heavy (non-hydrogen) atoms. The van der Waals surface area contributed by atoms with Crippen molar-refractivity contribution in [3.05, 3.63) is 60.4 Å². The molecule has 0 aliphatic carbocycles. The molecular formula is C22H23NO6S. The Morgan fingerprint density at radius 3 is 2.10 bits per heavy atom. The van der Waals surface area contributed by atoms with Gasteiger partial charge in [0, 0.05) is 35.7 Å². The highest BCUT2D eigenvalue weighted by Gasteiger charge is 2.22. The van der Waals surface area contributed by atoms with Gasteiger partial charge in [0.05, 0.1) is 34.2 Å². The number of methoxy groups -OCH3 is 4. The summed E-state index contributed by atoms with van der Waals surface area (Å²) in [6, 6.07) is 11.9. The van der Waals surface area contributed by atoms with Crippen LogP contribution < -0.4 is 18.9 Å². The van der Waals surface area contributed by atoms with Gasteiger partial charge in [-0.1, -0.05) is 0 Å². The lowest BCUT2D eigenvalue weighted by Gasteiger charge is -2.13. The van der Waals surface area contributed by atoms with E-state index in [2.05, 4.69) is 4.98 Å². The first-order chi connectivity index (χ1) is 14.4. The number of hydrogen-bond acceptors (Lipinski definition) is 7. The van der Waals surface area contributed by atoms with E-state index in [-0.39, 0.29) is 16.4 Å². The Bertz CT molecular complexity index is 1140. The Balaban J connectivity index is 1.98. The second kappa shape index (κ2) is 9.04. The molecule has 7 nitrogen and oxygen atoms in total. The van der Waals surface area contributed by atoms with E-state index in [1.54, 1.807) is 44.7 Å². The molecule has 0 aliphatic rings. The molecule has 0 bridgehead atoms. The lowest BCUT2D eigenvalue weighted by Crippen LogP contribution is -2.08. The molecule has 158 valence electrons. The number of benzene rings is 2. The minimum Gasteiger partial charge on any atom is -0.497 e. The molecule has 0 spiro atoms. The summed E-state index contributed by atoms with van der Waals surface area (Å²) in [7, 11) is 2.34. The van der Waals surface area contributed by atoms with Crippen LogP contribution in [0.2, 0.25) is 0 Å². The van der Waals surface area contributed by atoms with Gasteiger partial charge in [-0.05, 0) is 35.9 Å². The van der Waals surface area contributed by atoms with Gasteiger partial charge in [0.1, 0.15) is 27.9 Å². The van der Waals surface area contributed by atoms with Crippen molar-refractivity contribution >= 4 is 9.84 Å². The van der Waals surface area contributed by atoms with E-state index in [9.17, 15) is 8.42 Å². The van der Waals surface area contributed by atoms with Crippen molar-refractivity contribution in [2.45, 2.75) is 10.6 Å². The largest absolute Gasteiger partial charge is 0.497 e. The van der Waals surface area contributed by atoms with Gasteiger partial charge in [-0.3, -0.25) is 4.98 Å². The number of aromatic nitrogens is 1. The Labute approximate surface area is 176 Å². The fourth-order valence-corrected chi connectivity index (χ4v) is 4.58. The van der Waals surface area contributed by atoms with Gasteiger partial charge in [-0.2, -0.15) is 0 Å². The van der Waals surface area contributed by atoms with Crippen molar-refractivity contribution in [1.82, 2.24) is 4.98 Å². The van der Waals surface area contributed by atoms with Crippen LogP contribution in [0.25, 0.3) is 11.1 Å². The van der Waals surface area contributed by atoms with Crippen molar-refractivity contribution in [3.8, 4) is 34.1 Å². The zero-order valence-corrected chi connectivity index (χ0v) is 18.0. The summed E-state index contributed by atoms with van der Waals surface area (Å²) in [4.78, 5) is 4.29. The maximum Gasteiger partial charge on any atom is 0.186 e. The SMILES string of the molecule is COc1ccc(-c2cncc(CS(=O)(=O)c3cc(OC)ccc3OC)c2)c(OC)c1. The van der Waals surface area contributed by atoms with E-state index in [0.29, 0.717) is 22.8 Å². The summed E-state index contributed by atoms with van der Waals surface area (Å²) in [5.41, 5.74) is 2.05. The van der Waals surface area contributed by atoms with E-state index in [1.807, 2.05) is 12.1 Å². The third kappa shape index (κ3) is 4.49. The molecule has 0 aliphatic heterocycles. The fourth-order valence-electron chi connectivity index (χ4n) is 3.08. The summed E-state index contributed by atoms with van der Waals surface area (Å²) < 4.78 is 47.3. The molecule has 3 aromatic rings. The predicted molar refractivity (Wildman–Crippen MR) is 113 cm³/mol. The standard InChI is InChI=1S/C22H23NO6S/c1-26-17-5-7-19(21(10-17)29-4)16-9-15(12-23-13-16)14-30(24,25)22-11-18(27-2)6-8-20(22)28-3/h5-13H,14H2,1-4H3. The van der Waals surface area contributed by atoms with Gasteiger partial charge in [0.15, 0.2) is 9.84 Å². The fraction of sp³-hybridized carbons (Fsp3) is 0.227. The molecule has 0 amide bonds. The molecule has 1 aromatic heterocycles. The van der Waals surface area contributed by atoms with E-state index < -0.39 is 9.84 Å². The lowest BCUT2D eigenvalue weighted by molar-refractivity contribution is 0.392. The van der Waals surface area contributed by atoms with Crippen molar-refractivity contribution < 1.29 is 27.4 Å². The maximum absolute atomic E-state index is 13.1. The van der Waals surface area contributed by atoms with Crippen LogP contribution in [0.5, 0.6) is 23.0 Å². The number of sulfone groups is 1. The molecular weight excluding hydrogens is 406 g/mol. The van der Waals surface area contributed by atoms with Gasteiger partial charge in [-0.15, -0.1) is 0 Å². The number of ether oxygens (including phenoxy) is 4. The molecule has 0 N–H and O–H groups in total. The topological polar surface area (TPSA) is 84.0 Å². The predicted octanol–water partition coefficient (Wildman–Crippen LogP) is 3.76. The van der Waals surface area contributed by atoms with Gasteiger partial charge in [-0.25, -0.2) is 8.42 Å². The number of pyridine rings is 1. The van der Waals surface area contributed by atoms with Gasteiger partial charge >= 0.3 is 0 Å². The molecule has 1 heterocycles. The normalized spacial score (nSPS) is 11.1. The third-order valence-corrected chi connectivity index (χ3v) is 6.28. The minimum atomic E-state index is -3.71. The van der Waals surface area contributed by atoms with Crippen molar-refractivity contribution in [2.75, 3.05) is 28.4 Å². The number of rotatable bonds is 8. The highest BCUT2D eigenvalue weighted by molar-refractivity contribution is 7.90. The van der Waals surface area contributed by atoms with Gasteiger partial charge in [0.2, 0.25) is 0 Å². The summed E-state index contributed by atoms with van der Waals surface area (Å²) in [6.45, 7) is 0. The summed E-state index contributed by atoms with van der Waals surface area (Å²) >= 11 is 0. The van der Waals surface area contributed by atoms with Crippen LogP contribution in [0, 0.1) is 0 Å². The van der Waals surface area contributed by atoms with E-state index in [0.717, 1.165) is 11.1 Å².